The second-order valence-corrected chi connectivity index (χ2v) is 24.1. The molecule has 0 heterocycles. The molecule has 1 atom stereocenters. The van der Waals surface area contributed by atoms with Gasteiger partial charge in [0.1, 0.15) is 13.2 Å². The van der Waals surface area contributed by atoms with Crippen molar-refractivity contribution in [3.8, 4) is 0 Å². The van der Waals surface area contributed by atoms with E-state index in [0.717, 1.165) is 70.6 Å². The number of rotatable bonds is 66. The van der Waals surface area contributed by atoms with Crippen LogP contribution in [0.3, 0.4) is 0 Å². The molecule has 0 aromatic heterocycles. The van der Waals surface area contributed by atoms with Gasteiger partial charge in [-0.3, -0.25) is 14.4 Å². The Balaban J connectivity index is 4.23. The summed E-state index contributed by atoms with van der Waals surface area (Å²) >= 11 is 0. The van der Waals surface area contributed by atoms with Gasteiger partial charge in [0, 0.05) is 12.8 Å². The van der Waals surface area contributed by atoms with E-state index in [-0.39, 0.29) is 31.6 Å². The maximum atomic E-state index is 12.9. The van der Waals surface area contributed by atoms with Crippen LogP contribution in [-0.2, 0) is 28.6 Å². The molecule has 1 unspecified atom stereocenters. The van der Waals surface area contributed by atoms with Crippen molar-refractivity contribution >= 4 is 17.9 Å². The summed E-state index contributed by atoms with van der Waals surface area (Å²) < 4.78 is 16.9. The van der Waals surface area contributed by atoms with Gasteiger partial charge < -0.3 is 14.2 Å². The lowest BCUT2D eigenvalue weighted by atomic mass is 10.0. The molecule has 0 amide bonds. The standard InChI is InChI=1S/C76H136O6/c1-4-7-10-13-16-19-22-25-28-30-32-33-34-35-36-37-38-39-40-41-42-43-44-46-48-51-54-57-60-63-66-69-75(78)81-72-73(71-80-74(77)68-65-62-59-56-53-50-47-27-24-21-18-15-12-9-6-3)82-76(79)70-67-64-61-58-55-52-49-45-31-29-26-23-20-17-14-11-8-5-2/h9,12,18,21,27,29,31,47,53,56,62,65,73H,4-8,10-11,13-17,19-20,22-26,28,30,32-46,48-52,54-55,57-61,63-64,66-72H2,1-3H3/b12-9-,21-18-,31-29-,47-27-,56-53-,65-62-. The lowest BCUT2D eigenvalue weighted by molar-refractivity contribution is -0.166. The third kappa shape index (κ3) is 67.6. The van der Waals surface area contributed by atoms with Crippen molar-refractivity contribution in [3.63, 3.8) is 0 Å². The topological polar surface area (TPSA) is 78.9 Å². The number of hydrogen-bond donors (Lipinski definition) is 0. The van der Waals surface area contributed by atoms with Crippen molar-refractivity contribution < 1.29 is 28.6 Å². The van der Waals surface area contributed by atoms with Gasteiger partial charge in [-0.2, -0.15) is 0 Å². The quantitative estimate of drug-likeness (QED) is 0.0261. The van der Waals surface area contributed by atoms with Crippen LogP contribution < -0.4 is 0 Å². The second kappa shape index (κ2) is 70.3. The van der Waals surface area contributed by atoms with Gasteiger partial charge in [0.15, 0.2) is 6.10 Å². The molecule has 0 aromatic carbocycles. The zero-order valence-electron chi connectivity index (χ0n) is 54.8. The van der Waals surface area contributed by atoms with Gasteiger partial charge in [-0.25, -0.2) is 0 Å². The van der Waals surface area contributed by atoms with Crippen LogP contribution in [0.1, 0.15) is 374 Å². The van der Waals surface area contributed by atoms with Crippen molar-refractivity contribution in [3.05, 3.63) is 72.9 Å². The zero-order valence-corrected chi connectivity index (χ0v) is 54.8. The summed E-state index contributed by atoms with van der Waals surface area (Å²) in [6.07, 6.45) is 92.7. The van der Waals surface area contributed by atoms with Crippen molar-refractivity contribution in [2.24, 2.45) is 0 Å². The van der Waals surface area contributed by atoms with Gasteiger partial charge in [0.2, 0.25) is 0 Å². The first-order valence-corrected chi connectivity index (χ1v) is 35.9. The third-order valence-electron chi connectivity index (χ3n) is 16.0. The molecule has 0 bridgehead atoms. The van der Waals surface area contributed by atoms with Crippen LogP contribution in [0.5, 0.6) is 0 Å². The fraction of sp³-hybridized carbons (Fsp3) is 0.803. The van der Waals surface area contributed by atoms with E-state index >= 15 is 0 Å². The maximum absolute atomic E-state index is 12.9. The summed E-state index contributed by atoms with van der Waals surface area (Å²) in [5, 5.41) is 0. The molecule has 476 valence electrons. The van der Waals surface area contributed by atoms with E-state index in [9.17, 15) is 14.4 Å². The molecular weight excluding hydrogens is 1010 g/mol. The van der Waals surface area contributed by atoms with E-state index in [1.807, 2.05) is 12.2 Å². The molecule has 0 radical (unpaired) electrons. The highest BCUT2D eigenvalue weighted by Crippen LogP contribution is 2.18. The van der Waals surface area contributed by atoms with Crippen LogP contribution in [-0.4, -0.2) is 37.2 Å². The van der Waals surface area contributed by atoms with E-state index in [1.165, 1.54) is 263 Å². The average Bonchev–Trinajstić information content (AvgIpc) is 3.47. The Morgan fingerprint density at radius 2 is 0.524 bits per heavy atom. The first-order chi connectivity index (χ1) is 40.5. The molecular formula is C76H136O6. The molecule has 6 nitrogen and oxygen atoms in total. The zero-order chi connectivity index (χ0) is 59.2. The Kier molecular flexibility index (Phi) is 67.6. The maximum Gasteiger partial charge on any atom is 0.309 e. The summed E-state index contributed by atoms with van der Waals surface area (Å²) in [6.45, 7) is 6.49. The van der Waals surface area contributed by atoms with E-state index in [4.69, 9.17) is 14.2 Å². The van der Waals surface area contributed by atoms with Crippen LogP contribution >= 0.6 is 0 Å². The number of ether oxygens (including phenoxy) is 3. The molecule has 0 rings (SSSR count). The van der Waals surface area contributed by atoms with E-state index in [1.54, 1.807) is 0 Å². The largest absolute Gasteiger partial charge is 0.462 e. The van der Waals surface area contributed by atoms with Crippen LogP contribution in [0.2, 0.25) is 0 Å². The number of unbranched alkanes of at least 4 members (excludes halogenated alkanes) is 44. The number of carbonyl (C=O) groups excluding carboxylic acids is 3. The predicted octanol–water partition coefficient (Wildman–Crippen LogP) is 24.8. The Morgan fingerprint density at radius 3 is 0.841 bits per heavy atom. The smallest absolute Gasteiger partial charge is 0.309 e. The molecule has 82 heavy (non-hydrogen) atoms. The fourth-order valence-electron chi connectivity index (χ4n) is 10.6. The van der Waals surface area contributed by atoms with E-state index in [0.29, 0.717) is 12.8 Å². The number of hydrogen-bond acceptors (Lipinski definition) is 6. The summed E-state index contributed by atoms with van der Waals surface area (Å²) in [4.78, 5) is 38.3. The van der Waals surface area contributed by atoms with Gasteiger partial charge in [0.05, 0.1) is 6.42 Å². The van der Waals surface area contributed by atoms with Crippen molar-refractivity contribution in [2.75, 3.05) is 13.2 Å². The molecule has 0 saturated carbocycles. The predicted molar refractivity (Wildman–Crippen MR) is 358 cm³/mol. The highest BCUT2D eigenvalue weighted by molar-refractivity contribution is 5.72. The summed E-state index contributed by atoms with van der Waals surface area (Å²) in [5.41, 5.74) is 0. The Bertz CT molecular complexity index is 1500. The first-order valence-electron chi connectivity index (χ1n) is 35.9. The Morgan fingerprint density at radius 1 is 0.268 bits per heavy atom. The summed E-state index contributed by atoms with van der Waals surface area (Å²) in [6, 6.07) is 0. The van der Waals surface area contributed by atoms with Gasteiger partial charge in [0.25, 0.3) is 0 Å². The van der Waals surface area contributed by atoms with Crippen LogP contribution in [0, 0.1) is 0 Å². The van der Waals surface area contributed by atoms with Gasteiger partial charge in [-0.05, 0) is 70.6 Å². The van der Waals surface area contributed by atoms with Crippen molar-refractivity contribution in [1.82, 2.24) is 0 Å². The highest BCUT2D eigenvalue weighted by atomic mass is 16.6. The molecule has 0 aliphatic carbocycles. The minimum Gasteiger partial charge on any atom is -0.462 e. The summed E-state index contributed by atoms with van der Waals surface area (Å²) in [5.74, 6) is -1.02. The molecule has 0 spiro atoms. The lowest BCUT2D eigenvalue weighted by Crippen LogP contribution is -2.30. The van der Waals surface area contributed by atoms with Crippen LogP contribution in [0.25, 0.3) is 0 Å². The second-order valence-electron chi connectivity index (χ2n) is 24.1. The monoisotopic (exact) mass is 1150 g/mol. The van der Waals surface area contributed by atoms with Gasteiger partial charge in [-0.15, -0.1) is 0 Å². The molecule has 0 saturated heterocycles. The van der Waals surface area contributed by atoms with Gasteiger partial charge >= 0.3 is 17.9 Å². The number of esters is 3. The number of allylic oxidation sites excluding steroid dienone is 11. The van der Waals surface area contributed by atoms with Crippen LogP contribution in [0.4, 0.5) is 0 Å². The molecule has 0 N–H and O–H groups in total. The van der Waals surface area contributed by atoms with Crippen molar-refractivity contribution in [2.45, 2.75) is 380 Å². The fourth-order valence-corrected chi connectivity index (χ4v) is 10.6. The minimum absolute atomic E-state index is 0.104. The van der Waals surface area contributed by atoms with E-state index < -0.39 is 12.1 Å². The molecule has 0 fully saturated rings. The van der Waals surface area contributed by atoms with Crippen molar-refractivity contribution in [1.29, 1.82) is 0 Å². The Labute approximate surface area is 510 Å². The lowest BCUT2D eigenvalue weighted by Gasteiger charge is -2.18. The first kappa shape index (κ1) is 78.8. The molecule has 0 aliphatic rings. The summed E-state index contributed by atoms with van der Waals surface area (Å²) in [7, 11) is 0. The minimum atomic E-state index is -0.818. The highest BCUT2D eigenvalue weighted by Gasteiger charge is 2.19. The van der Waals surface area contributed by atoms with Gasteiger partial charge in [-0.1, -0.05) is 357 Å². The molecule has 0 aromatic rings. The van der Waals surface area contributed by atoms with E-state index in [2.05, 4.69) is 81.5 Å². The third-order valence-corrected chi connectivity index (χ3v) is 16.0. The SMILES string of the molecule is CC/C=C\C/C=C\C/C=C\C/C=C\C/C=C\CC(=O)OCC(COC(=O)CCCCCCCCCCCCCCCCCCCCCCCCCCCCCCCCC)OC(=O)CCCCCCCCC/C=C\CCCCCCCCC. The normalized spacial score (nSPS) is 12.5. The van der Waals surface area contributed by atoms with Crippen LogP contribution in [0.15, 0.2) is 72.9 Å². The Hall–Kier alpha value is -3.15. The number of carbonyl (C=O) groups is 3. The average molecular weight is 1150 g/mol. The molecule has 6 heteroatoms. The molecule has 0 aliphatic heterocycles.